The molecule has 10 heteroatoms. The average Bonchev–Trinajstić information content (AvgIpc) is 2.43. The molecular weight excluding hydrogens is 365 g/mol. The Kier molecular flexibility index (Phi) is 6.43. The number of rotatable bonds is 5. The molecule has 0 saturated carbocycles. The van der Waals surface area contributed by atoms with Crippen LogP contribution in [0, 0.1) is 0 Å². The first-order valence-electron chi connectivity index (χ1n) is 8.21. The number of ether oxygens (including phenoxy) is 1. The molecule has 146 valence electrons. The monoisotopic (exact) mass is 389 g/mol. The Bertz CT molecular complexity index is 743. The van der Waals surface area contributed by atoms with Crippen molar-refractivity contribution in [2.75, 3.05) is 31.5 Å². The van der Waals surface area contributed by atoms with Gasteiger partial charge >= 0.3 is 16.6 Å². The summed E-state index contributed by atoms with van der Waals surface area (Å²) in [6.45, 7) is 9.00. The number of nitrogens with one attached hydrogen (secondary N) is 2. The fourth-order valence-electron chi connectivity index (χ4n) is 2.54. The van der Waals surface area contributed by atoms with Gasteiger partial charge in [0, 0.05) is 44.5 Å². The summed E-state index contributed by atoms with van der Waals surface area (Å²) >= 11 is 0. The molecule has 2 N–H and O–H groups in total. The molecule has 1 aliphatic rings. The maximum Gasteiger partial charge on any atom is 0.488 e. The molecule has 1 aromatic carbocycles. The predicted molar refractivity (Wildman–Crippen MR) is 95.1 cm³/mol. The van der Waals surface area contributed by atoms with Crippen molar-refractivity contribution in [2.45, 2.75) is 32.9 Å². The summed E-state index contributed by atoms with van der Waals surface area (Å²) in [5, 5.41) is 5.75. The number of anilines is 1. The number of hydrogen-bond donors (Lipinski definition) is 2. The Labute approximate surface area is 153 Å². The van der Waals surface area contributed by atoms with Crippen molar-refractivity contribution in [1.29, 1.82) is 0 Å². The minimum atomic E-state index is -5.17. The van der Waals surface area contributed by atoms with Gasteiger partial charge in [0.25, 0.3) is 0 Å². The lowest BCUT2D eigenvalue weighted by Gasteiger charge is -2.27. The molecule has 1 fully saturated rings. The van der Waals surface area contributed by atoms with Crippen LogP contribution in [0.3, 0.4) is 0 Å². The summed E-state index contributed by atoms with van der Waals surface area (Å²) in [7, 11) is -5.17. The first-order valence-corrected chi connectivity index (χ1v) is 9.52. The smallest absolute Gasteiger partial charge is 0.444 e. The normalized spacial score (nSPS) is 16.2. The fraction of sp³-hybridized carbons (Fsp3) is 0.562. The number of nitrogens with zero attached hydrogens (tertiary/aromatic N) is 1. The Morgan fingerprint density at radius 2 is 1.92 bits per heavy atom. The molecule has 1 amide bonds. The van der Waals surface area contributed by atoms with Gasteiger partial charge in [0.05, 0.1) is 0 Å². The lowest BCUT2D eigenvalue weighted by molar-refractivity contribution is 0.0636. The third kappa shape index (κ3) is 7.54. The van der Waals surface area contributed by atoms with Crippen LogP contribution >= 0.6 is 0 Å². The molecule has 0 radical (unpaired) electrons. The molecule has 0 aromatic heterocycles. The molecule has 0 spiro atoms. The molecule has 26 heavy (non-hydrogen) atoms. The molecule has 0 unspecified atom stereocenters. The highest BCUT2D eigenvalue weighted by molar-refractivity contribution is 7.81. The summed E-state index contributed by atoms with van der Waals surface area (Å²) in [5.41, 5.74) is 0.244. The van der Waals surface area contributed by atoms with Crippen molar-refractivity contribution in [3.8, 4) is 5.75 Å². The highest BCUT2D eigenvalue weighted by atomic mass is 32.3. The van der Waals surface area contributed by atoms with Crippen LogP contribution in [0.25, 0.3) is 0 Å². The SMILES string of the molecule is CC(C)(C)OC(=O)Nc1cc(CN2CCNCC2)cc(OS(=O)(=O)F)c1. The maximum atomic E-state index is 12.9. The van der Waals surface area contributed by atoms with E-state index < -0.39 is 22.2 Å². The molecule has 1 heterocycles. The summed E-state index contributed by atoms with van der Waals surface area (Å²) < 4.78 is 44.0. The van der Waals surface area contributed by atoms with Crippen LogP contribution in [0.1, 0.15) is 26.3 Å². The van der Waals surface area contributed by atoms with Crippen molar-refractivity contribution < 1.29 is 26.0 Å². The maximum absolute atomic E-state index is 12.9. The van der Waals surface area contributed by atoms with Crippen molar-refractivity contribution in [1.82, 2.24) is 10.2 Å². The van der Waals surface area contributed by atoms with Crippen LogP contribution in [-0.2, 0) is 21.8 Å². The van der Waals surface area contributed by atoms with E-state index in [9.17, 15) is 17.1 Å². The van der Waals surface area contributed by atoms with Crippen LogP contribution in [0.2, 0.25) is 0 Å². The van der Waals surface area contributed by atoms with E-state index in [1.165, 1.54) is 12.1 Å². The third-order valence-electron chi connectivity index (χ3n) is 3.42. The van der Waals surface area contributed by atoms with E-state index in [1.807, 2.05) is 0 Å². The predicted octanol–water partition coefficient (Wildman–Crippen LogP) is 2.03. The van der Waals surface area contributed by atoms with Crippen LogP contribution in [-0.4, -0.2) is 51.2 Å². The largest absolute Gasteiger partial charge is 0.488 e. The first-order chi connectivity index (χ1) is 12.0. The highest BCUT2D eigenvalue weighted by Crippen LogP contribution is 2.24. The lowest BCUT2D eigenvalue weighted by Crippen LogP contribution is -2.42. The minimum absolute atomic E-state index is 0.216. The zero-order valence-electron chi connectivity index (χ0n) is 15.0. The second-order valence-electron chi connectivity index (χ2n) is 7.00. The lowest BCUT2D eigenvalue weighted by atomic mass is 10.1. The van der Waals surface area contributed by atoms with Gasteiger partial charge in [0.1, 0.15) is 11.4 Å². The van der Waals surface area contributed by atoms with Gasteiger partial charge < -0.3 is 14.2 Å². The van der Waals surface area contributed by atoms with E-state index >= 15 is 0 Å². The molecule has 1 saturated heterocycles. The molecule has 1 aliphatic heterocycles. The van der Waals surface area contributed by atoms with Crippen LogP contribution < -0.4 is 14.8 Å². The Morgan fingerprint density at radius 3 is 2.50 bits per heavy atom. The van der Waals surface area contributed by atoms with Gasteiger partial charge in [-0.25, -0.2) is 4.79 Å². The number of halogens is 1. The Hall–Kier alpha value is -1.91. The number of carbonyl (C=O) groups is 1. The number of carbonyl (C=O) groups excluding carboxylic acids is 1. The van der Waals surface area contributed by atoms with Crippen molar-refractivity contribution in [3.63, 3.8) is 0 Å². The van der Waals surface area contributed by atoms with Gasteiger partial charge in [-0.1, -0.05) is 3.89 Å². The average molecular weight is 389 g/mol. The molecule has 2 rings (SSSR count). The van der Waals surface area contributed by atoms with Crippen molar-refractivity contribution in [2.24, 2.45) is 0 Å². The van der Waals surface area contributed by atoms with E-state index in [-0.39, 0.29) is 11.4 Å². The van der Waals surface area contributed by atoms with Gasteiger partial charge in [-0.3, -0.25) is 10.2 Å². The number of benzene rings is 1. The first kappa shape index (κ1) is 20.4. The summed E-state index contributed by atoms with van der Waals surface area (Å²) in [6, 6.07) is 4.32. The number of hydrogen-bond acceptors (Lipinski definition) is 7. The quantitative estimate of drug-likeness (QED) is 0.744. The molecule has 0 aliphatic carbocycles. The summed E-state index contributed by atoms with van der Waals surface area (Å²) in [5.74, 6) is -0.216. The third-order valence-corrected chi connectivity index (χ3v) is 3.81. The van der Waals surface area contributed by atoms with Gasteiger partial charge in [-0.2, -0.15) is 8.42 Å². The molecule has 1 aromatic rings. The van der Waals surface area contributed by atoms with Gasteiger partial charge in [-0.05, 0) is 38.5 Å². The highest BCUT2D eigenvalue weighted by Gasteiger charge is 2.18. The summed E-state index contributed by atoms with van der Waals surface area (Å²) in [4.78, 5) is 14.1. The minimum Gasteiger partial charge on any atom is -0.444 e. The molecule has 8 nitrogen and oxygen atoms in total. The van der Waals surface area contributed by atoms with Crippen LogP contribution in [0.5, 0.6) is 5.75 Å². The van der Waals surface area contributed by atoms with E-state index in [4.69, 9.17) is 4.74 Å². The van der Waals surface area contributed by atoms with Crippen molar-refractivity contribution >= 4 is 22.3 Å². The van der Waals surface area contributed by atoms with E-state index in [1.54, 1.807) is 26.8 Å². The van der Waals surface area contributed by atoms with E-state index in [2.05, 4.69) is 19.7 Å². The van der Waals surface area contributed by atoms with E-state index in [0.29, 0.717) is 12.1 Å². The topological polar surface area (TPSA) is 97.0 Å². The standard InChI is InChI=1S/C16H24FN3O5S/c1-16(2,3)24-15(21)19-13-8-12(11-20-6-4-18-5-7-20)9-14(10-13)25-26(17,22)23/h8-10,18H,4-7,11H2,1-3H3,(H,19,21). The number of amides is 1. The zero-order chi connectivity index (χ0) is 19.4. The molecule has 0 bridgehead atoms. The fourth-order valence-corrected chi connectivity index (χ4v) is 2.86. The van der Waals surface area contributed by atoms with Crippen LogP contribution in [0.4, 0.5) is 14.4 Å². The second kappa shape index (κ2) is 8.19. The van der Waals surface area contributed by atoms with Gasteiger partial charge in [0.15, 0.2) is 0 Å². The Morgan fingerprint density at radius 1 is 1.27 bits per heavy atom. The van der Waals surface area contributed by atoms with E-state index in [0.717, 1.165) is 26.2 Å². The molecular formula is C16H24FN3O5S. The van der Waals surface area contributed by atoms with Gasteiger partial charge in [-0.15, -0.1) is 0 Å². The summed E-state index contributed by atoms with van der Waals surface area (Å²) in [6.07, 6.45) is -0.703. The zero-order valence-corrected chi connectivity index (χ0v) is 15.9. The van der Waals surface area contributed by atoms with Gasteiger partial charge in [0.2, 0.25) is 0 Å². The Balaban J connectivity index is 2.20. The number of piperazine rings is 1. The van der Waals surface area contributed by atoms with Crippen LogP contribution in [0.15, 0.2) is 18.2 Å². The van der Waals surface area contributed by atoms with Crippen molar-refractivity contribution in [3.05, 3.63) is 23.8 Å². The molecule has 0 atom stereocenters. The second-order valence-corrected chi connectivity index (χ2v) is 7.95.